The van der Waals surface area contributed by atoms with Crippen molar-refractivity contribution in [3.05, 3.63) is 76.9 Å². The molecule has 5 rings (SSSR count). The minimum atomic E-state index is -0.210. The maximum Gasteiger partial charge on any atom is 0.254 e. The Morgan fingerprint density at radius 3 is 2.65 bits per heavy atom. The Bertz CT molecular complexity index is 1210. The summed E-state index contributed by atoms with van der Waals surface area (Å²) in [5, 5.41) is 4.98. The largest absolute Gasteiger partial charge is 0.497 e. The van der Waals surface area contributed by atoms with Crippen LogP contribution in [0.25, 0.3) is 0 Å². The van der Waals surface area contributed by atoms with E-state index in [1.807, 2.05) is 27.8 Å². The van der Waals surface area contributed by atoms with Crippen molar-refractivity contribution in [3.63, 3.8) is 0 Å². The fourth-order valence-electron chi connectivity index (χ4n) is 5.24. The Balaban J connectivity index is 1.53. The van der Waals surface area contributed by atoms with E-state index >= 15 is 0 Å². The first kappa shape index (κ1) is 22.3. The van der Waals surface area contributed by atoms with Crippen LogP contribution in [0, 0.1) is 5.41 Å². The summed E-state index contributed by atoms with van der Waals surface area (Å²) in [4.78, 5) is 33.2. The van der Waals surface area contributed by atoms with Gasteiger partial charge in [0.2, 0.25) is 0 Å². The molecular weight excluding hydrogens is 428 g/mol. The maximum absolute atomic E-state index is 13.4. The highest BCUT2D eigenvalue weighted by atomic mass is 16.5. The van der Waals surface area contributed by atoms with Crippen LogP contribution in [0.15, 0.2) is 48.7 Å². The van der Waals surface area contributed by atoms with Crippen molar-refractivity contribution in [1.82, 2.24) is 19.7 Å². The number of ether oxygens (including phenoxy) is 1. The molecule has 0 unspecified atom stereocenters. The van der Waals surface area contributed by atoms with Crippen LogP contribution in [0.2, 0.25) is 0 Å². The summed E-state index contributed by atoms with van der Waals surface area (Å²) in [6, 6.07) is 12.8. The van der Waals surface area contributed by atoms with Gasteiger partial charge in [-0.25, -0.2) is 0 Å². The summed E-state index contributed by atoms with van der Waals surface area (Å²) in [7, 11) is 1.61. The lowest BCUT2D eigenvalue weighted by atomic mass is 9.75. The van der Waals surface area contributed by atoms with Gasteiger partial charge in [-0.15, -0.1) is 0 Å². The molecule has 2 aromatic heterocycles. The number of methoxy groups -OCH3 is 1. The second-order valence-corrected chi connectivity index (χ2v) is 10.0. The van der Waals surface area contributed by atoms with E-state index in [2.05, 4.69) is 18.8 Å². The predicted molar refractivity (Wildman–Crippen MR) is 128 cm³/mol. The van der Waals surface area contributed by atoms with Crippen LogP contribution in [-0.4, -0.2) is 45.0 Å². The van der Waals surface area contributed by atoms with Gasteiger partial charge in [-0.3, -0.25) is 19.3 Å². The Hall–Kier alpha value is -3.48. The molecule has 0 saturated carbocycles. The number of amides is 1. The van der Waals surface area contributed by atoms with Gasteiger partial charge in [0.15, 0.2) is 5.78 Å². The molecule has 7 nitrogen and oxygen atoms in total. The Morgan fingerprint density at radius 2 is 1.94 bits per heavy atom. The highest BCUT2D eigenvalue weighted by Gasteiger charge is 2.41. The van der Waals surface area contributed by atoms with Crippen LogP contribution in [0.1, 0.15) is 76.9 Å². The minimum Gasteiger partial charge on any atom is -0.497 e. The number of aromatic nitrogens is 3. The summed E-state index contributed by atoms with van der Waals surface area (Å²) in [5.41, 5.74) is 3.80. The summed E-state index contributed by atoms with van der Waals surface area (Å²) in [6.45, 7) is 5.41. The number of hydrogen-bond donors (Lipinski definition) is 0. The lowest BCUT2D eigenvalue weighted by Crippen LogP contribution is -2.32. The topological polar surface area (TPSA) is 77.3 Å². The SMILES string of the molecule is COc1ccc(C(=O)N2CCC[C@H]2c2nn(Cc3ccccn3)c3c2C(=O)CC(C)(C)C3)cc1. The van der Waals surface area contributed by atoms with Crippen LogP contribution in [0.3, 0.4) is 0 Å². The van der Waals surface area contributed by atoms with E-state index in [1.54, 1.807) is 37.6 Å². The summed E-state index contributed by atoms with van der Waals surface area (Å²) < 4.78 is 7.17. The molecule has 34 heavy (non-hydrogen) atoms. The van der Waals surface area contributed by atoms with Gasteiger partial charge in [0.1, 0.15) is 5.75 Å². The molecule has 3 aromatic rings. The quantitative estimate of drug-likeness (QED) is 0.564. The lowest BCUT2D eigenvalue weighted by molar-refractivity contribution is 0.0728. The average molecular weight is 459 g/mol. The second-order valence-electron chi connectivity index (χ2n) is 10.0. The predicted octanol–water partition coefficient (Wildman–Crippen LogP) is 4.47. The van der Waals surface area contributed by atoms with Crippen LogP contribution < -0.4 is 4.74 Å². The number of fused-ring (bicyclic) bond motifs is 1. The Labute approximate surface area is 199 Å². The molecule has 176 valence electrons. The van der Waals surface area contributed by atoms with Crippen molar-refractivity contribution in [1.29, 1.82) is 0 Å². The lowest BCUT2D eigenvalue weighted by Gasteiger charge is -2.30. The molecule has 7 heteroatoms. The van der Waals surface area contributed by atoms with Gasteiger partial charge in [0, 0.05) is 24.7 Å². The number of pyridine rings is 1. The van der Waals surface area contributed by atoms with Crippen LogP contribution in [0.4, 0.5) is 0 Å². The molecule has 1 fully saturated rings. The molecule has 1 saturated heterocycles. The zero-order valence-electron chi connectivity index (χ0n) is 20.0. The van der Waals surface area contributed by atoms with E-state index in [0.717, 1.165) is 41.9 Å². The number of rotatable bonds is 5. The fourth-order valence-corrected chi connectivity index (χ4v) is 5.24. The first-order valence-electron chi connectivity index (χ1n) is 11.8. The molecule has 1 aromatic carbocycles. The maximum atomic E-state index is 13.4. The third-order valence-corrected chi connectivity index (χ3v) is 6.85. The van der Waals surface area contributed by atoms with Crippen molar-refractivity contribution < 1.29 is 14.3 Å². The number of benzene rings is 1. The first-order chi connectivity index (χ1) is 16.4. The number of carbonyl (C=O) groups excluding carboxylic acids is 2. The highest BCUT2D eigenvalue weighted by Crippen LogP contribution is 2.41. The zero-order valence-corrected chi connectivity index (χ0v) is 20.0. The molecule has 3 heterocycles. The van der Waals surface area contributed by atoms with Gasteiger partial charge in [-0.2, -0.15) is 5.10 Å². The van der Waals surface area contributed by atoms with Crippen molar-refractivity contribution >= 4 is 11.7 Å². The van der Waals surface area contributed by atoms with Gasteiger partial charge in [0.05, 0.1) is 42.3 Å². The third kappa shape index (κ3) is 4.11. The fraction of sp³-hybridized carbons (Fsp3) is 0.407. The molecular formula is C27H30N4O3. The van der Waals surface area contributed by atoms with E-state index < -0.39 is 0 Å². The molecule has 1 aliphatic carbocycles. The van der Waals surface area contributed by atoms with Crippen molar-refractivity contribution in [3.8, 4) is 5.75 Å². The number of Topliss-reactive ketones (excluding diaryl/α,β-unsaturated/α-hetero) is 1. The smallest absolute Gasteiger partial charge is 0.254 e. The van der Waals surface area contributed by atoms with Crippen molar-refractivity contribution in [2.24, 2.45) is 5.41 Å². The summed E-state index contributed by atoms with van der Waals surface area (Å²) in [5.74, 6) is 0.795. The molecule has 0 bridgehead atoms. The molecule has 0 N–H and O–H groups in total. The van der Waals surface area contributed by atoms with E-state index in [9.17, 15) is 9.59 Å². The molecule has 0 radical (unpaired) electrons. The van der Waals surface area contributed by atoms with Crippen LogP contribution in [-0.2, 0) is 13.0 Å². The number of carbonyl (C=O) groups is 2. The molecule has 1 atom stereocenters. The molecule has 1 amide bonds. The van der Waals surface area contributed by atoms with Gasteiger partial charge in [-0.1, -0.05) is 19.9 Å². The molecule has 0 spiro atoms. The second kappa shape index (κ2) is 8.70. The van der Waals surface area contributed by atoms with E-state index in [4.69, 9.17) is 9.84 Å². The number of likely N-dealkylation sites (tertiary alicyclic amines) is 1. The zero-order chi connectivity index (χ0) is 23.9. The Kier molecular flexibility index (Phi) is 5.71. The van der Waals surface area contributed by atoms with Gasteiger partial charge < -0.3 is 9.64 Å². The van der Waals surface area contributed by atoms with Crippen LogP contribution in [0.5, 0.6) is 5.75 Å². The van der Waals surface area contributed by atoms with Gasteiger partial charge in [0.25, 0.3) is 5.91 Å². The third-order valence-electron chi connectivity index (χ3n) is 6.85. The van der Waals surface area contributed by atoms with Gasteiger partial charge in [-0.05, 0) is 61.1 Å². The van der Waals surface area contributed by atoms with E-state index in [0.29, 0.717) is 30.8 Å². The van der Waals surface area contributed by atoms with Crippen molar-refractivity contribution in [2.75, 3.05) is 13.7 Å². The summed E-state index contributed by atoms with van der Waals surface area (Å²) in [6.07, 6.45) is 4.71. The highest BCUT2D eigenvalue weighted by molar-refractivity contribution is 6.00. The van der Waals surface area contributed by atoms with E-state index in [-0.39, 0.29) is 23.1 Å². The van der Waals surface area contributed by atoms with Crippen molar-refractivity contribution in [2.45, 2.75) is 52.1 Å². The monoisotopic (exact) mass is 458 g/mol. The number of hydrogen-bond acceptors (Lipinski definition) is 5. The average Bonchev–Trinajstić information content (AvgIpc) is 3.44. The number of ketones is 1. The van der Waals surface area contributed by atoms with E-state index in [1.165, 1.54) is 0 Å². The standard InChI is InChI=1S/C27H30N4O3/c1-27(2)15-22-24(23(32)16-27)25(29-31(22)17-19-7-4-5-13-28-19)21-8-6-14-30(21)26(33)18-9-11-20(34-3)12-10-18/h4-5,7,9-13,21H,6,8,14-17H2,1-3H3/t21-/m0/s1. The normalized spacial score (nSPS) is 19.2. The van der Waals surface area contributed by atoms with Gasteiger partial charge >= 0.3 is 0 Å². The molecule has 2 aliphatic rings. The Morgan fingerprint density at radius 1 is 1.15 bits per heavy atom. The summed E-state index contributed by atoms with van der Waals surface area (Å²) >= 11 is 0. The van der Waals surface area contributed by atoms with Crippen LogP contribution >= 0.6 is 0 Å². The first-order valence-corrected chi connectivity index (χ1v) is 11.8. The minimum absolute atomic E-state index is 0.0400. The molecule has 1 aliphatic heterocycles. The number of nitrogens with zero attached hydrogens (tertiary/aromatic N) is 4.